The lowest BCUT2D eigenvalue weighted by Gasteiger charge is -2.15. The standard InChI is InChI=1S/C13H17FOS/c1-9(15)13-11(14)7-4-8-12(13)16-10-5-2-3-6-10/h4,7-10,15H,2-3,5-6H2,1H3. The van der Waals surface area contributed by atoms with Crippen LogP contribution in [0.5, 0.6) is 0 Å². The van der Waals surface area contributed by atoms with E-state index in [0.717, 1.165) is 4.90 Å². The van der Waals surface area contributed by atoms with Gasteiger partial charge in [0.25, 0.3) is 0 Å². The number of thioether (sulfide) groups is 1. The van der Waals surface area contributed by atoms with E-state index < -0.39 is 6.10 Å². The van der Waals surface area contributed by atoms with Crippen LogP contribution in [0.15, 0.2) is 23.1 Å². The van der Waals surface area contributed by atoms with Crippen molar-refractivity contribution >= 4 is 11.8 Å². The first-order valence-electron chi connectivity index (χ1n) is 5.81. The van der Waals surface area contributed by atoms with Gasteiger partial charge in [-0.2, -0.15) is 0 Å². The summed E-state index contributed by atoms with van der Waals surface area (Å²) in [4.78, 5) is 0.905. The van der Waals surface area contributed by atoms with Crippen LogP contribution in [0.4, 0.5) is 4.39 Å². The van der Waals surface area contributed by atoms with Crippen molar-refractivity contribution in [2.24, 2.45) is 0 Å². The molecule has 0 radical (unpaired) electrons. The summed E-state index contributed by atoms with van der Waals surface area (Å²) in [6, 6.07) is 5.05. The van der Waals surface area contributed by atoms with E-state index in [1.807, 2.05) is 6.07 Å². The quantitative estimate of drug-likeness (QED) is 0.864. The molecular formula is C13H17FOS. The van der Waals surface area contributed by atoms with Crippen LogP contribution >= 0.6 is 11.8 Å². The normalized spacial score (nSPS) is 18.9. The molecule has 0 aliphatic heterocycles. The van der Waals surface area contributed by atoms with Crippen molar-refractivity contribution in [1.29, 1.82) is 0 Å². The van der Waals surface area contributed by atoms with Crippen molar-refractivity contribution in [2.75, 3.05) is 0 Å². The van der Waals surface area contributed by atoms with Crippen molar-refractivity contribution in [2.45, 2.75) is 48.9 Å². The lowest BCUT2D eigenvalue weighted by atomic mass is 10.1. The summed E-state index contributed by atoms with van der Waals surface area (Å²) in [7, 11) is 0. The fourth-order valence-electron chi connectivity index (χ4n) is 2.21. The van der Waals surface area contributed by atoms with Gasteiger partial charge in [-0.15, -0.1) is 11.8 Å². The van der Waals surface area contributed by atoms with Crippen LogP contribution in [-0.4, -0.2) is 10.4 Å². The maximum atomic E-state index is 13.6. The molecule has 1 unspecified atom stereocenters. The third-order valence-corrected chi connectivity index (χ3v) is 4.44. The van der Waals surface area contributed by atoms with Gasteiger partial charge in [-0.3, -0.25) is 0 Å². The molecule has 1 atom stereocenters. The average molecular weight is 240 g/mol. The minimum Gasteiger partial charge on any atom is -0.389 e. The number of aliphatic hydroxyl groups is 1. The van der Waals surface area contributed by atoms with Gasteiger partial charge in [0.1, 0.15) is 5.82 Å². The number of rotatable bonds is 3. The highest BCUT2D eigenvalue weighted by atomic mass is 32.2. The molecule has 16 heavy (non-hydrogen) atoms. The first kappa shape index (κ1) is 11.9. The Morgan fingerprint density at radius 2 is 2.06 bits per heavy atom. The van der Waals surface area contributed by atoms with E-state index in [9.17, 15) is 9.50 Å². The Morgan fingerprint density at radius 3 is 2.69 bits per heavy atom. The minimum atomic E-state index is -0.731. The molecule has 3 heteroatoms. The number of hydrogen-bond donors (Lipinski definition) is 1. The molecule has 1 nitrogen and oxygen atoms in total. The monoisotopic (exact) mass is 240 g/mol. The molecule has 1 aromatic carbocycles. The van der Waals surface area contributed by atoms with Gasteiger partial charge in [0, 0.05) is 15.7 Å². The highest BCUT2D eigenvalue weighted by Gasteiger charge is 2.20. The van der Waals surface area contributed by atoms with E-state index >= 15 is 0 Å². The van der Waals surface area contributed by atoms with Gasteiger partial charge in [-0.25, -0.2) is 4.39 Å². The van der Waals surface area contributed by atoms with E-state index in [0.29, 0.717) is 10.8 Å². The van der Waals surface area contributed by atoms with Crippen LogP contribution in [0.1, 0.15) is 44.3 Å². The van der Waals surface area contributed by atoms with Gasteiger partial charge >= 0.3 is 0 Å². The summed E-state index contributed by atoms with van der Waals surface area (Å²) in [6.07, 6.45) is 4.24. The molecule has 1 aliphatic carbocycles. The predicted molar refractivity (Wildman–Crippen MR) is 65.1 cm³/mol. The van der Waals surface area contributed by atoms with Gasteiger partial charge in [0.2, 0.25) is 0 Å². The molecule has 0 aromatic heterocycles. The van der Waals surface area contributed by atoms with E-state index in [1.54, 1.807) is 24.8 Å². The summed E-state index contributed by atoms with van der Waals surface area (Å²) < 4.78 is 13.6. The Bertz CT molecular complexity index is 359. The first-order chi connectivity index (χ1) is 7.68. The summed E-state index contributed by atoms with van der Waals surface area (Å²) in [5, 5.41) is 10.2. The first-order valence-corrected chi connectivity index (χ1v) is 6.69. The summed E-state index contributed by atoms with van der Waals surface area (Å²) >= 11 is 1.72. The smallest absolute Gasteiger partial charge is 0.130 e. The molecule has 1 N–H and O–H groups in total. The average Bonchev–Trinajstić information content (AvgIpc) is 2.70. The molecule has 88 valence electrons. The maximum absolute atomic E-state index is 13.6. The van der Waals surface area contributed by atoms with Crippen LogP contribution in [0.2, 0.25) is 0 Å². The highest BCUT2D eigenvalue weighted by molar-refractivity contribution is 8.00. The Balaban J connectivity index is 2.21. The summed E-state index contributed by atoms with van der Waals surface area (Å²) in [5.74, 6) is -0.294. The third-order valence-electron chi connectivity index (χ3n) is 3.03. The lowest BCUT2D eigenvalue weighted by Crippen LogP contribution is -2.01. The topological polar surface area (TPSA) is 20.2 Å². The zero-order chi connectivity index (χ0) is 11.5. The van der Waals surface area contributed by atoms with E-state index in [-0.39, 0.29) is 5.82 Å². The van der Waals surface area contributed by atoms with Gasteiger partial charge in [-0.05, 0) is 31.9 Å². The van der Waals surface area contributed by atoms with Gasteiger partial charge in [0.15, 0.2) is 0 Å². The van der Waals surface area contributed by atoms with Crippen molar-refractivity contribution in [3.8, 4) is 0 Å². The maximum Gasteiger partial charge on any atom is 0.130 e. The van der Waals surface area contributed by atoms with Crippen molar-refractivity contribution in [3.63, 3.8) is 0 Å². The predicted octanol–water partition coefficient (Wildman–Crippen LogP) is 3.91. The van der Waals surface area contributed by atoms with Crippen LogP contribution in [0, 0.1) is 5.82 Å². The SMILES string of the molecule is CC(O)c1c(F)cccc1SC1CCCC1. The Labute approximate surface area is 100 Å². The molecule has 1 fully saturated rings. The lowest BCUT2D eigenvalue weighted by molar-refractivity contribution is 0.191. The van der Waals surface area contributed by atoms with Crippen LogP contribution in [0.25, 0.3) is 0 Å². The molecule has 0 heterocycles. The second-order valence-electron chi connectivity index (χ2n) is 4.35. The minimum absolute atomic E-state index is 0.294. The van der Waals surface area contributed by atoms with Crippen molar-refractivity contribution < 1.29 is 9.50 Å². The fourth-order valence-corrected chi connectivity index (χ4v) is 3.69. The summed E-state index contributed by atoms with van der Waals surface area (Å²) in [5.41, 5.74) is 0.458. The number of aliphatic hydroxyl groups excluding tert-OH is 1. The number of benzene rings is 1. The second kappa shape index (κ2) is 5.19. The van der Waals surface area contributed by atoms with Gasteiger partial charge in [-0.1, -0.05) is 18.9 Å². The van der Waals surface area contributed by atoms with E-state index in [2.05, 4.69) is 0 Å². The molecular weight excluding hydrogens is 223 g/mol. The molecule has 1 aromatic rings. The highest BCUT2D eigenvalue weighted by Crippen LogP contribution is 2.38. The molecule has 0 amide bonds. The molecule has 0 spiro atoms. The van der Waals surface area contributed by atoms with E-state index in [4.69, 9.17) is 0 Å². The Kier molecular flexibility index (Phi) is 3.87. The van der Waals surface area contributed by atoms with Crippen LogP contribution in [-0.2, 0) is 0 Å². The second-order valence-corrected chi connectivity index (χ2v) is 5.69. The van der Waals surface area contributed by atoms with Crippen molar-refractivity contribution in [1.82, 2.24) is 0 Å². The molecule has 1 saturated carbocycles. The Hall–Kier alpha value is -0.540. The van der Waals surface area contributed by atoms with Crippen molar-refractivity contribution in [3.05, 3.63) is 29.6 Å². The zero-order valence-electron chi connectivity index (χ0n) is 9.45. The Morgan fingerprint density at radius 1 is 1.38 bits per heavy atom. The third kappa shape index (κ3) is 2.58. The number of hydrogen-bond acceptors (Lipinski definition) is 2. The van der Waals surface area contributed by atoms with E-state index in [1.165, 1.54) is 31.7 Å². The van der Waals surface area contributed by atoms with Crippen LogP contribution < -0.4 is 0 Å². The van der Waals surface area contributed by atoms with Gasteiger partial charge < -0.3 is 5.11 Å². The molecule has 1 aliphatic rings. The fraction of sp³-hybridized carbons (Fsp3) is 0.538. The molecule has 0 bridgehead atoms. The largest absolute Gasteiger partial charge is 0.389 e. The molecule has 2 rings (SSSR count). The zero-order valence-corrected chi connectivity index (χ0v) is 10.3. The summed E-state index contributed by atoms with van der Waals surface area (Å²) in [6.45, 7) is 1.62. The number of halogens is 1. The van der Waals surface area contributed by atoms with Crippen LogP contribution in [0.3, 0.4) is 0 Å². The molecule has 0 saturated heterocycles. The van der Waals surface area contributed by atoms with Gasteiger partial charge in [0.05, 0.1) is 6.10 Å².